The lowest BCUT2D eigenvalue weighted by atomic mass is 10.2. The first-order valence-corrected chi connectivity index (χ1v) is 7.55. The van der Waals surface area contributed by atoms with Crippen LogP contribution in [0.1, 0.15) is 10.4 Å². The Kier molecular flexibility index (Phi) is 3.90. The molecule has 128 valence electrons. The molecule has 0 amide bonds. The Morgan fingerprint density at radius 3 is 2.81 bits per heavy atom. The van der Waals surface area contributed by atoms with Crippen molar-refractivity contribution >= 4 is 16.9 Å². The molecule has 2 aromatic heterocycles. The number of hydrogen-bond acceptors (Lipinski definition) is 8. The molecule has 10 nitrogen and oxygen atoms in total. The van der Waals surface area contributed by atoms with Gasteiger partial charge in [0.2, 0.25) is 0 Å². The summed E-state index contributed by atoms with van der Waals surface area (Å²) in [5, 5.41) is 19.0. The zero-order valence-electron chi connectivity index (χ0n) is 13.3. The predicted octanol–water partition coefficient (Wildman–Crippen LogP) is 0.582. The second-order valence-corrected chi connectivity index (χ2v) is 5.28. The zero-order valence-corrected chi connectivity index (χ0v) is 13.3. The molecule has 0 spiro atoms. The molecule has 4 rings (SSSR count). The summed E-state index contributed by atoms with van der Waals surface area (Å²) in [6.07, 6.45) is 1.41. The van der Waals surface area contributed by atoms with Crippen LogP contribution in [0.4, 0.5) is 0 Å². The number of hydrogen-bond donors (Lipinski definition) is 0. The van der Waals surface area contributed by atoms with E-state index in [0.717, 1.165) is 4.68 Å². The van der Waals surface area contributed by atoms with Gasteiger partial charge >= 0.3 is 5.97 Å². The quantitative estimate of drug-likeness (QED) is 0.491. The number of aromatic nitrogens is 7. The largest absolute Gasteiger partial charge is 0.439 e. The second-order valence-electron chi connectivity index (χ2n) is 5.28. The first kappa shape index (κ1) is 15.6. The SMILES string of the molecule is O=C(OCn1nnc2ccccc2c1=O)c1cccc(-n2cnnn2)c1. The Bertz CT molecular complexity index is 1140. The summed E-state index contributed by atoms with van der Waals surface area (Å²) in [7, 11) is 0. The zero-order chi connectivity index (χ0) is 17.9. The van der Waals surface area contributed by atoms with Crippen molar-refractivity contribution in [2.75, 3.05) is 0 Å². The van der Waals surface area contributed by atoms with Gasteiger partial charge in [0.05, 0.1) is 16.6 Å². The summed E-state index contributed by atoms with van der Waals surface area (Å²) in [5.41, 5.74) is 0.993. The monoisotopic (exact) mass is 349 g/mol. The van der Waals surface area contributed by atoms with Crippen molar-refractivity contribution in [2.24, 2.45) is 0 Å². The Labute approximate surface area is 145 Å². The molecule has 2 aromatic carbocycles. The van der Waals surface area contributed by atoms with Crippen LogP contribution in [0.2, 0.25) is 0 Å². The lowest BCUT2D eigenvalue weighted by Gasteiger charge is -2.07. The molecule has 0 bridgehead atoms. The van der Waals surface area contributed by atoms with Crippen LogP contribution in [-0.2, 0) is 11.5 Å². The smallest absolute Gasteiger partial charge is 0.339 e. The van der Waals surface area contributed by atoms with Gasteiger partial charge in [-0.2, -0.15) is 4.68 Å². The highest BCUT2D eigenvalue weighted by Gasteiger charge is 2.11. The Hall–Kier alpha value is -3.95. The molecule has 0 aliphatic rings. The van der Waals surface area contributed by atoms with E-state index in [-0.39, 0.29) is 12.3 Å². The Morgan fingerprint density at radius 2 is 1.96 bits per heavy atom. The second kappa shape index (κ2) is 6.51. The molecule has 0 atom stereocenters. The molecule has 10 heteroatoms. The Balaban J connectivity index is 1.54. The summed E-state index contributed by atoms with van der Waals surface area (Å²) in [6, 6.07) is 13.4. The van der Waals surface area contributed by atoms with Gasteiger partial charge in [-0.3, -0.25) is 4.79 Å². The highest BCUT2D eigenvalue weighted by atomic mass is 16.5. The van der Waals surface area contributed by atoms with Crippen molar-refractivity contribution in [3.63, 3.8) is 0 Å². The molecule has 0 radical (unpaired) electrons. The van der Waals surface area contributed by atoms with Gasteiger partial charge in [-0.25, -0.2) is 9.48 Å². The normalized spacial score (nSPS) is 10.8. The van der Waals surface area contributed by atoms with Crippen LogP contribution in [0.5, 0.6) is 0 Å². The van der Waals surface area contributed by atoms with Crippen molar-refractivity contribution in [2.45, 2.75) is 6.73 Å². The minimum absolute atomic E-state index is 0.291. The number of carbonyl (C=O) groups is 1. The average Bonchev–Trinajstić information content (AvgIpc) is 3.22. The van der Waals surface area contributed by atoms with E-state index in [4.69, 9.17) is 4.74 Å². The van der Waals surface area contributed by atoms with Crippen molar-refractivity contribution in [1.82, 2.24) is 35.2 Å². The molecule has 0 N–H and O–H groups in total. The van der Waals surface area contributed by atoms with Gasteiger partial charge in [-0.05, 0) is 40.8 Å². The molecule has 4 aromatic rings. The van der Waals surface area contributed by atoms with Crippen LogP contribution in [0.15, 0.2) is 59.7 Å². The maximum atomic E-state index is 12.3. The molecule has 0 unspecified atom stereocenters. The van der Waals surface area contributed by atoms with E-state index in [2.05, 4.69) is 25.8 Å². The van der Waals surface area contributed by atoms with E-state index in [9.17, 15) is 9.59 Å². The lowest BCUT2D eigenvalue weighted by molar-refractivity contribution is 0.0336. The molecule has 2 heterocycles. The number of tetrazole rings is 1. The predicted molar refractivity (Wildman–Crippen MR) is 88.4 cm³/mol. The molecule has 0 aliphatic carbocycles. The number of ether oxygens (including phenoxy) is 1. The van der Waals surface area contributed by atoms with Crippen molar-refractivity contribution < 1.29 is 9.53 Å². The number of fused-ring (bicyclic) bond motifs is 1. The van der Waals surface area contributed by atoms with Crippen molar-refractivity contribution in [1.29, 1.82) is 0 Å². The van der Waals surface area contributed by atoms with Gasteiger partial charge in [0.25, 0.3) is 5.56 Å². The number of benzene rings is 2. The molecule has 0 saturated heterocycles. The van der Waals surface area contributed by atoms with E-state index < -0.39 is 5.97 Å². The summed E-state index contributed by atoms with van der Waals surface area (Å²) in [5.74, 6) is -0.609. The molecular formula is C16H11N7O3. The third kappa shape index (κ3) is 2.90. The van der Waals surface area contributed by atoms with Gasteiger partial charge in [0, 0.05) is 0 Å². The van der Waals surface area contributed by atoms with Crippen LogP contribution in [0, 0.1) is 0 Å². The van der Waals surface area contributed by atoms with Gasteiger partial charge in [-0.1, -0.05) is 23.4 Å². The standard InChI is InChI=1S/C16H11N7O3/c24-15-13-6-1-2-7-14(13)18-20-23(15)10-26-16(25)11-4-3-5-12(8-11)22-9-17-19-21-22/h1-9H,10H2. The van der Waals surface area contributed by atoms with Gasteiger partial charge < -0.3 is 4.74 Å². The van der Waals surface area contributed by atoms with Crippen LogP contribution in [0.25, 0.3) is 16.6 Å². The molecular weight excluding hydrogens is 338 g/mol. The number of esters is 1. The first-order chi connectivity index (χ1) is 12.7. The summed E-state index contributed by atoms with van der Waals surface area (Å²) >= 11 is 0. The highest BCUT2D eigenvalue weighted by Crippen LogP contribution is 2.10. The van der Waals surface area contributed by atoms with Gasteiger partial charge in [0.15, 0.2) is 6.73 Å². The molecule has 26 heavy (non-hydrogen) atoms. The third-order valence-electron chi connectivity index (χ3n) is 3.64. The fourth-order valence-electron chi connectivity index (χ4n) is 2.37. The van der Waals surface area contributed by atoms with Crippen LogP contribution < -0.4 is 5.56 Å². The fourth-order valence-corrected chi connectivity index (χ4v) is 2.37. The van der Waals surface area contributed by atoms with E-state index >= 15 is 0 Å². The maximum Gasteiger partial charge on any atom is 0.339 e. The number of carbonyl (C=O) groups excluding carboxylic acids is 1. The van der Waals surface area contributed by atoms with E-state index in [0.29, 0.717) is 22.2 Å². The minimum Gasteiger partial charge on any atom is -0.439 e. The summed E-state index contributed by atoms with van der Waals surface area (Å²) < 4.78 is 7.58. The molecule has 0 saturated carbocycles. The average molecular weight is 349 g/mol. The van der Waals surface area contributed by atoms with Crippen LogP contribution >= 0.6 is 0 Å². The topological polar surface area (TPSA) is 118 Å². The first-order valence-electron chi connectivity index (χ1n) is 7.55. The summed E-state index contributed by atoms with van der Waals surface area (Å²) in [4.78, 5) is 24.6. The minimum atomic E-state index is -0.609. The Morgan fingerprint density at radius 1 is 1.08 bits per heavy atom. The maximum absolute atomic E-state index is 12.3. The fraction of sp³-hybridized carbons (Fsp3) is 0.0625. The summed E-state index contributed by atoms with van der Waals surface area (Å²) in [6.45, 7) is -0.343. The van der Waals surface area contributed by atoms with E-state index in [1.165, 1.54) is 11.0 Å². The third-order valence-corrected chi connectivity index (χ3v) is 3.64. The highest BCUT2D eigenvalue weighted by molar-refractivity contribution is 5.89. The molecule has 0 aliphatic heterocycles. The van der Waals surface area contributed by atoms with E-state index in [1.807, 2.05) is 0 Å². The van der Waals surface area contributed by atoms with Crippen LogP contribution in [0.3, 0.4) is 0 Å². The number of rotatable bonds is 4. The van der Waals surface area contributed by atoms with Crippen molar-refractivity contribution in [3.05, 3.63) is 70.8 Å². The number of nitrogens with zero attached hydrogens (tertiary/aromatic N) is 7. The van der Waals surface area contributed by atoms with Gasteiger partial charge in [-0.15, -0.1) is 10.2 Å². The van der Waals surface area contributed by atoms with E-state index in [1.54, 1.807) is 48.5 Å². The van der Waals surface area contributed by atoms with Gasteiger partial charge in [0.1, 0.15) is 11.8 Å². The van der Waals surface area contributed by atoms with Crippen molar-refractivity contribution in [3.8, 4) is 5.69 Å². The van der Waals surface area contributed by atoms with Crippen LogP contribution in [-0.4, -0.2) is 41.2 Å². The lowest BCUT2D eigenvalue weighted by Crippen LogP contribution is -2.26. The molecule has 0 fully saturated rings.